The first kappa shape index (κ1) is 12.9. The van der Waals surface area contributed by atoms with Gasteiger partial charge >= 0.3 is 0 Å². The zero-order valence-corrected chi connectivity index (χ0v) is 11.0. The Morgan fingerprint density at radius 3 is 2.82 bits per heavy atom. The van der Waals surface area contributed by atoms with E-state index in [1.54, 1.807) is 0 Å². The summed E-state index contributed by atoms with van der Waals surface area (Å²) < 4.78 is 0. The van der Waals surface area contributed by atoms with Gasteiger partial charge < -0.3 is 5.32 Å². The molecule has 2 aliphatic rings. The number of hydrogen-bond donors (Lipinski definition) is 1. The van der Waals surface area contributed by atoms with E-state index < -0.39 is 0 Å². The van der Waals surface area contributed by atoms with Crippen LogP contribution in [-0.4, -0.2) is 61.2 Å². The minimum absolute atomic E-state index is 0.607. The summed E-state index contributed by atoms with van der Waals surface area (Å²) in [5.41, 5.74) is 0. The Balaban J connectivity index is 1.71. The van der Waals surface area contributed by atoms with Crippen LogP contribution in [0.15, 0.2) is 0 Å². The average molecular weight is 235 g/mol. The Morgan fingerprint density at radius 2 is 2.12 bits per heavy atom. The normalized spacial score (nSPS) is 28.4. The van der Waals surface area contributed by atoms with Crippen LogP contribution in [0.2, 0.25) is 0 Å². The van der Waals surface area contributed by atoms with Gasteiger partial charge in [-0.3, -0.25) is 9.80 Å². The Bertz CT molecular complexity index is 265. The lowest BCUT2D eigenvalue weighted by molar-refractivity contribution is 0.205. The molecule has 3 heteroatoms. The molecule has 2 aliphatic heterocycles. The smallest absolute Gasteiger partial charge is 0.0574 e. The monoisotopic (exact) mass is 235 g/mol. The van der Waals surface area contributed by atoms with E-state index in [0.717, 1.165) is 12.6 Å². The third kappa shape index (κ3) is 3.45. The van der Waals surface area contributed by atoms with Gasteiger partial charge in [0.25, 0.3) is 0 Å². The summed E-state index contributed by atoms with van der Waals surface area (Å²) in [6, 6.07) is 1.42. The number of terminal acetylenes is 1. The van der Waals surface area contributed by atoms with Crippen molar-refractivity contribution in [3.63, 3.8) is 0 Å². The minimum atomic E-state index is 0.607. The molecule has 0 aromatic heterocycles. The highest BCUT2D eigenvalue weighted by Crippen LogP contribution is 2.21. The molecule has 0 amide bonds. The first-order valence-corrected chi connectivity index (χ1v) is 6.93. The first-order valence-electron chi connectivity index (χ1n) is 6.93. The van der Waals surface area contributed by atoms with Crippen LogP contribution in [0, 0.1) is 12.3 Å². The van der Waals surface area contributed by atoms with Gasteiger partial charge in [0.1, 0.15) is 0 Å². The number of likely N-dealkylation sites (tertiary alicyclic amines) is 2. The molecule has 0 aliphatic carbocycles. The molecule has 96 valence electrons. The third-order valence-electron chi connectivity index (χ3n) is 4.14. The van der Waals surface area contributed by atoms with Crippen molar-refractivity contribution in [2.75, 3.05) is 39.3 Å². The molecule has 17 heavy (non-hydrogen) atoms. The van der Waals surface area contributed by atoms with Crippen LogP contribution in [0.25, 0.3) is 0 Å². The number of hydrogen-bond acceptors (Lipinski definition) is 3. The van der Waals surface area contributed by atoms with Crippen LogP contribution in [0.1, 0.15) is 26.2 Å². The fraction of sp³-hybridized carbons (Fsp3) is 0.857. The van der Waals surface area contributed by atoms with Gasteiger partial charge in [0, 0.05) is 31.7 Å². The highest BCUT2D eigenvalue weighted by atomic mass is 15.3. The lowest BCUT2D eigenvalue weighted by Crippen LogP contribution is -2.41. The average Bonchev–Trinajstić information content (AvgIpc) is 3.00. The highest BCUT2D eigenvalue weighted by molar-refractivity contribution is 4.90. The summed E-state index contributed by atoms with van der Waals surface area (Å²) in [7, 11) is 0. The molecule has 2 fully saturated rings. The fourth-order valence-corrected chi connectivity index (χ4v) is 3.06. The Kier molecular flexibility index (Phi) is 4.85. The van der Waals surface area contributed by atoms with Crippen molar-refractivity contribution in [3.05, 3.63) is 0 Å². The van der Waals surface area contributed by atoms with E-state index in [1.165, 1.54) is 45.4 Å². The van der Waals surface area contributed by atoms with E-state index in [4.69, 9.17) is 6.42 Å². The van der Waals surface area contributed by atoms with E-state index in [-0.39, 0.29) is 0 Å². The summed E-state index contributed by atoms with van der Waals surface area (Å²) in [6.07, 6.45) is 9.38. The van der Waals surface area contributed by atoms with E-state index in [0.29, 0.717) is 12.6 Å². The van der Waals surface area contributed by atoms with Crippen LogP contribution in [0.5, 0.6) is 0 Å². The summed E-state index contributed by atoms with van der Waals surface area (Å²) >= 11 is 0. The molecule has 0 spiro atoms. The van der Waals surface area contributed by atoms with Crippen molar-refractivity contribution in [2.24, 2.45) is 0 Å². The Labute approximate surface area is 106 Å². The molecule has 0 radical (unpaired) electrons. The minimum Gasteiger partial charge on any atom is -0.305 e. The largest absolute Gasteiger partial charge is 0.305 e. The molecule has 2 atom stereocenters. The van der Waals surface area contributed by atoms with Gasteiger partial charge in [0.2, 0.25) is 0 Å². The maximum absolute atomic E-state index is 5.24. The predicted molar refractivity (Wildman–Crippen MR) is 71.9 cm³/mol. The van der Waals surface area contributed by atoms with Crippen molar-refractivity contribution in [1.82, 2.24) is 15.1 Å². The van der Waals surface area contributed by atoms with Crippen molar-refractivity contribution in [3.8, 4) is 12.3 Å². The lowest BCUT2D eigenvalue weighted by atomic mass is 10.2. The maximum Gasteiger partial charge on any atom is 0.0574 e. The molecular weight excluding hydrogens is 210 g/mol. The molecule has 2 rings (SSSR count). The second-order valence-electron chi connectivity index (χ2n) is 5.36. The quantitative estimate of drug-likeness (QED) is 0.561. The molecule has 0 bridgehead atoms. The zero-order valence-electron chi connectivity index (χ0n) is 11.0. The van der Waals surface area contributed by atoms with Gasteiger partial charge in [-0.15, -0.1) is 6.42 Å². The molecule has 3 nitrogen and oxygen atoms in total. The van der Waals surface area contributed by atoms with Gasteiger partial charge in [-0.05, 0) is 39.3 Å². The first-order chi connectivity index (χ1) is 8.31. The third-order valence-corrected chi connectivity index (χ3v) is 4.14. The summed E-state index contributed by atoms with van der Waals surface area (Å²) in [4.78, 5) is 5.29. The fourth-order valence-electron chi connectivity index (χ4n) is 3.06. The number of rotatable bonds is 5. The van der Waals surface area contributed by atoms with Gasteiger partial charge in [-0.25, -0.2) is 0 Å². The van der Waals surface area contributed by atoms with Gasteiger partial charge in [0.15, 0.2) is 0 Å². The van der Waals surface area contributed by atoms with E-state index in [2.05, 4.69) is 28.0 Å². The topological polar surface area (TPSA) is 18.5 Å². The summed E-state index contributed by atoms with van der Waals surface area (Å²) in [5, 5.41) is 3.30. The summed E-state index contributed by atoms with van der Waals surface area (Å²) in [6.45, 7) is 9.14. The predicted octanol–water partition coefficient (Wildman–Crippen LogP) is 0.768. The van der Waals surface area contributed by atoms with Gasteiger partial charge in [0.05, 0.1) is 6.54 Å². The van der Waals surface area contributed by atoms with E-state index >= 15 is 0 Å². The second kappa shape index (κ2) is 6.39. The molecule has 0 aromatic rings. The maximum atomic E-state index is 5.24. The second-order valence-corrected chi connectivity index (χ2v) is 5.36. The van der Waals surface area contributed by atoms with Crippen molar-refractivity contribution < 1.29 is 0 Å². The van der Waals surface area contributed by atoms with Crippen LogP contribution in [-0.2, 0) is 0 Å². The lowest BCUT2D eigenvalue weighted by Gasteiger charge is -2.27. The van der Waals surface area contributed by atoms with Gasteiger partial charge in [-0.1, -0.05) is 5.92 Å². The standard InChI is InChI=1S/C14H25N3/c1-3-7-15-11-13(2)17-10-6-14(12-17)16-8-4-5-9-16/h1,13-15H,4-12H2,2H3. The van der Waals surface area contributed by atoms with Crippen LogP contribution < -0.4 is 5.32 Å². The van der Waals surface area contributed by atoms with E-state index in [1.807, 2.05) is 0 Å². The van der Waals surface area contributed by atoms with Crippen molar-refractivity contribution in [1.29, 1.82) is 0 Å². The van der Waals surface area contributed by atoms with Gasteiger partial charge in [-0.2, -0.15) is 0 Å². The highest BCUT2D eigenvalue weighted by Gasteiger charge is 2.30. The molecule has 0 saturated carbocycles. The van der Waals surface area contributed by atoms with Crippen LogP contribution >= 0.6 is 0 Å². The SMILES string of the molecule is C#CCNCC(C)N1CCC(N2CCCC2)C1. The molecule has 2 saturated heterocycles. The molecule has 1 N–H and O–H groups in total. The number of nitrogens with one attached hydrogen (secondary N) is 1. The molecular formula is C14H25N3. The van der Waals surface area contributed by atoms with Crippen molar-refractivity contribution in [2.45, 2.75) is 38.3 Å². The van der Waals surface area contributed by atoms with Crippen LogP contribution in [0.3, 0.4) is 0 Å². The van der Waals surface area contributed by atoms with E-state index in [9.17, 15) is 0 Å². The molecule has 2 unspecified atom stereocenters. The number of nitrogens with zero attached hydrogens (tertiary/aromatic N) is 2. The molecule has 0 aromatic carbocycles. The van der Waals surface area contributed by atoms with Crippen molar-refractivity contribution >= 4 is 0 Å². The van der Waals surface area contributed by atoms with Crippen LogP contribution in [0.4, 0.5) is 0 Å². The summed E-state index contributed by atoms with van der Waals surface area (Å²) in [5.74, 6) is 2.63. The molecule has 2 heterocycles. The Hall–Kier alpha value is -0.560. The Morgan fingerprint density at radius 1 is 1.35 bits per heavy atom. The zero-order chi connectivity index (χ0) is 12.1.